The Balaban J connectivity index is 1.57. The molecule has 0 bridgehead atoms. The smallest absolute Gasteiger partial charge is 0.311 e. The van der Waals surface area contributed by atoms with E-state index >= 15 is 0 Å². The van der Waals surface area contributed by atoms with Crippen molar-refractivity contribution in [3.63, 3.8) is 0 Å². The first kappa shape index (κ1) is 17.9. The van der Waals surface area contributed by atoms with Gasteiger partial charge in [0.15, 0.2) is 0 Å². The minimum absolute atomic E-state index is 0.0272. The van der Waals surface area contributed by atoms with Gasteiger partial charge in [-0.2, -0.15) is 0 Å². The molecule has 0 N–H and O–H groups in total. The van der Waals surface area contributed by atoms with Crippen LogP contribution in [0.25, 0.3) is 0 Å². The van der Waals surface area contributed by atoms with Crippen LogP contribution in [0.5, 0.6) is 0 Å². The van der Waals surface area contributed by atoms with Gasteiger partial charge in [0.2, 0.25) is 0 Å². The average Bonchev–Trinajstić information content (AvgIpc) is 2.62. The number of halogens is 1. The molecule has 3 unspecified atom stereocenters. The van der Waals surface area contributed by atoms with Crippen LogP contribution in [-0.4, -0.2) is 36.0 Å². The fourth-order valence-corrected chi connectivity index (χ4v) is 3.88. The molecule has 3 rings (SSSR count). The molecule has 3 atom stereocenters. The number of ether oxygens (including phenoxy) is 1. The van der Waals surface area contributed by atoms with Crippen molar-refractivity contribution in [1.82, 2.24) is 4.90 Å². The number of piperidine rings is 1. The Bertz CT molecular complexity index is 616. The topological polar surface area (TPSA) is 46.6 Å². The van der Waals surface area contributed by atoms with Crippen molar-refractivity contribution >= 4 is 11.9 Å². The summed E-state index contributed by atoms with van der Waals surface area (Å²) >= 11 is 0. The Labute approximate surface area is 148 Å². The van der Waals surface area contributed by atoms with Gasteiger partial charge in [-0.15, -0.1) is 0 Å². The molecular weight excluding hydrogens is 321 g/mol. The van der Waals surface area contributed by atoms with Crippen molar-refractivity contribution in [2.75, 3.05) is 13.1 Å². The number of carbonyl (C=O) groups is 2. The first-order valence-electron chi connectivity index (χ1n) is 9.28. The van der Waals surface area contributed by atoms with Crippen molar-refractivity contribution in [3.05, 3.63) is 35.6 Å². The zero-order valence-electron chi connectivity index (χ0n) is 14.7. The largest absolute Gasteiger partial charge is 0.462 e. The van der Waals surface area contributed by atoms with Crippen molar-refractivity contribution in [2.45, 2.75) is 51.6 Å². The molecule has 1 aromatic carbocycles. The minimum Gasteiger partial charge on any atom is -0.462 e. The molecule has 0 spiro atoms. The Morgan fingerprint density at radius 2 is 1.88 bits per heavy atom. The Hall–Kier alpha value is -1.91. The van der Waals surface area contributed by atoms with Crippen molar-refractivity contribution in [1.29, 1.82) is 0 Å². The van der Waals surface area contributed by atoms with Gasteiger partial charge in [-0.05, 0) is 62.3 Å². The van der Waals surface area contributed by atoms with Crippen molar-refractivity contribution in [3.8, 4) is 0 Å². The quantitative estimate of drug-likeness (QED) is 0.782. The van der Waals surface area contributed by atoms with Crippen LogP contribution in [0.3, 0.4) is 0 Å². The molecule has 1 amide bonds. The monoisotopic (exact) mass is 347 g/mol. The second-order valence-electron chi connectivity index (χ2n) is 7.43. The maximum atomic E-state index is 13.0. The van der Waals surface area contributed by atoms with Gasteiger partial charge in [0.25, 0.3) is 5.91 Å². The second kappa shape index (κ2) is 7.98. The maximum absolute atomic E-state index is 13.0. The third-order valence-electron chi connectivity index (χ3n) is 5.30. The van der Waals surface area contributed by atoms with Crippen LogP contribution >= 0.6 is 0 Å². The molecule has 136 valence electrons. The average molecular weight is 347 g/mol. The molecule has 5 heteroatoms. The van der Waals surface area contributed by atoms with E-state index < -0.39 is 0 Å². The highest BCUT2D eigenvalue weighted by Gasteiger charge is 2.32. The number of hydrogen-bond donors (Lipinski definition) is 0. The highest BCUT2D eigenvalue weighted by atomic mass is 19.1. The lowest BCUT2D eigenvalue weighted by Crippen LogP contribution is -2.43. The summed E-state index contributed by atoms with van der Waals surface area (Å²) < 4.78 is 18.7. The van der Waals surface area contributed by atoms with Crippen LogP contribution in [0.4, 0.5) is 4.39 Å². The van der Waals surface area contributed by atoms with Crippen LogP contribution < -0.4 is 0 Å². The predicted octanol–water partition coefficient (Wildman–Crippen LogP) is 3.80. The molecule has 4 nitrogen and oxygen atoms in total. The molecule has 1 saturated carbocycles. The number of rotatable bonds is 3. The summed E-state index contributed by atoms with van der Waals surface area (Å²) in [7, 11) is 0. The van der Waals surface area contributed by atoms with E-state index in [1.54, 1.807) is 4.90 Å². The zero-order chi connectivity index (χ0) is 17.8. The molecule has 2 fully saturated rings. The van der Waals surface area contributed by atoms with Gasteiger partial charge in [0.1, 0.15) is 11.9 Å². The van der Waals surface area contributed by atoms with Crippen LogP contribution in [0.15, 0.2) is 24.3 Å². The third kappa shape index (κ3) is 4.59. The number of esters is 1. The van der Waals surface area contributed by atoms with Crippen LogP contribution in [0, 0.1) is 17.7 Å². The number of likely N-dealkylation sites (tertiary alicyclic amines) is 1. The van der Waals surface area contributed by atoms with E-state index in [9.17, 15) is 14.0 Å². The lowest BCUT2D eigenvalue weighted by Gasteiger charge is -2.33. The minimum atomic E-state index is -0.363. The van der Waals surface area contributed by atoms with Gasteiger partial charge in [0, 0.05) is 18.7 Å². The molecule has 0 radical (unpaired) electrons. The summed E-state index contributed by atoms with van der Waals surface area (Å²) in [6, 6.07) is 5.55. The van der Waals surface area contributed by atoms with E-state index in [0.717, 1.165) is 32.1 Å². The van der Waals surface area contributed by atoms with E-state index in [-0.39, 0.29) is 29.7 Å². The molecule has 1 aliphatic heterocycles. The summed E-state index contributed by atoms with van der Waals surface area (Å²) in [6.45, 7) is 3.21. The number of hydrogen-bond acceptors (Lipinski definition) is 3. The molecule has 2 aliphatic rings. The predicted molar refractivity (Wildman–Crippen MR) is 92.5 cm³/mol. The maximum Gasteiger partial charge on any atom is 0.311 e. The molecular formula is C20H26FNO3. The Kier molecular flexibility index (Phi) is 5.71. The van der Waals surface area contributed by atoms with Crippen molar-refractivity contribution < 1.29 is 18.7 Å². The number of carbonyl (C=O) groups excluding carboxylic acids is 2. The second-order valence-corrected chi connectivity index (χ2v) is 7.43. The normalized spacial score (nSPS) is 27.0. The summed E-state index contributed by atoms with van der Waals surface area (Å²) in [5.74, 6) is -0.331. The third-order valence-corrected chi connectivity index (χ3v) is 5.30. The number of nitrogens with zero attached hydrogens (tertiary/aromatic N) is 1. The molecule has 1 heterocycles. The summed E-state index contributed by atoms with van der Waals surface area (Å²) in [5.41, 5.74) is 0.455. The Morgan fingerprint density at radius 1 is 1.12 bits per heavy atom. The first-order valence-corrected chi connectivity index (χ1v) is 9.28. The fraction of sp³-hybridized carbons (Fsp3) is 0.600. The Morgan fingerprint density at radius 3 is 2.60 bits per heavy atom. The highest BCUT2D eigenvalue weighted by molar-refractivity contribution is 5.94. The van der Waals surface area contributed by atoms with Gasteiger partial charge in [-0.25, -0.2) is 4.39 Å². The molecule has 1 aromatic rings. The van der Waals surface area contributed by atoms with E-state index in [1.807, 2.05) is 0 Å². The van der Waals surface area contributed by atoms with E-state index in [2.05, 4.69) is 6.92 Å². The number of benzene rings is 1. The van der Waals surface area contributed by atoms with Crippen LogP contribution in [0.2, 0.25) is 0 Å². The standard InChI is InChI=1S/C20H26FNO3/c1-14-4-2-6-18(12-14)25-20(24)16-5-3-11-22(13-16)19(23)15-7-9-17(21)10-8-15/h7-10,14,16,18H,2-6,11-13H2,1H3. The van der Waals surface area contributed by atoms with Crippen molar-refractivity contribution in [2.24, 2.45) is 11.8 Å². The molecule has 25 heavy (non-hydrogen) atoms. The van der Waals surface area contributed by atoms with Gasteiger partial charge in [0.05, 0.1) is 5.92 Å². The van der Waals surface area contributed by atoms with E-state index in [1.165, 1.54) is 30.7 Å². The van der Waals surface area contributed by atoms with Gasteiger partial charge in [-0.3, -0.25) is 9.59 Å². The molecule has 1 aliphatic carbocycles. The lowest BCUT2D eigenvalue weighted by atomic mass is 9.88. The zero-order valence-corrected chi connectivity index (χ0v) is 14.7. The molecule has 1 saturated heterocycles. The SMILES string of the molecule is CC1CCCC(OC(=O)C2CCCN(C(=O)c3ccc(F)cc3)C2)C1. The van der Waals surface area contributed by atoms with Crippen LogP contribution in [0.1, 0.15) is 55.8 Å². The highest BCUT2D eigenvalue weighted by Crippen LogP contribution is 2.28. The van der Waals surface area contributed by atoms with E-state index in [4.69, 9.17) is 4.74 Å². The molecule has 0 aromatic heterocycles. The van der Waals surface area contributed by atoms with Crippen LogP contribution in [-0.2, 0) is 9.53 Å². The fourth-order valence-electron chi connectivity index (χ4n) is 3.88. The van der Waals surface area contributed by atoms with Gasteiger partial charge >= 0.3 is 5.97 Å². The summed E-state index contributed by atoms with van der Waals surface area (Å²) in [4.78, 5) is 26.8. The van der Waals surface area contributed by atoms with Gasteiger partial charge < -0.3 is 9.64 Å². The summed E-state index contributed by atoms with van der Waals surface area (Å²) in [6.07, 6.45) is 5.77. The summed E-state index contributed by atoms with van der Waals surface area (Å²) in [5, 5.41) is 0. The van der Waals surface area contributed by atoms with Gasteiger partial charge in [-0.1, -0.05) is 13.3 Å². The first-order chi connectivity index (χ1) is 12.0. The lowest BCUT2D eigenvalue weighted by molar-refractivity contribution is -0.157. The number of amides is 1. The van der Waals surface area contributed by atoms with E-state index in [0.29, 0.717) is 24.6 Å².